The molecule has 0 radical (unpaired) electrons. The van der Waals surface area contributed by atoms with E-state index in [1.165, 1.54) is 0 Å². The maximum atomic E-state index is 13.2. The van der Waals surface area contributed by atoms with Crippen molar-refractivity contribution >= 4 is 29.1 Å². The van der Waals surface area contributed by atoms with E-state index in [4.69, 9.17) is 16.3 Å². The van der Waals surface area contributed by atoms with E-state index >= 15 is 0 Å². The third-order valence-electron chi connectivity index (χ3n) is 6.51. The molecule has 2 aliphatic heterocycles. The second-order valence-corrected chi connectivity index (χ2v) is 9.38. The van der Waals surface area contributed by atoms with Crippen molar-refractivity contribution in [2.75, 3.05) is 45.2 Å². The number of amides is 2. The van der Waals surface area contributed by atoms with Crippen LogP contribution >= 0.6 is 11.6 Å². The lowest BCUT2D eigenvalue weighted by Crippen LogP contribution is -2.50. The zero-order valence-corrected chi connectivity index (χ0v) is 20.5. The van der Waals surface area contributed by atoms with Crippen LogP contribution in [-0.2, 0) is 17.9 Å². The fourth-order valence-corrected chi connectivity index (χ4v) is 4.54. The van der Waals surface area contributed by atoms with Gasteiger partial charge in [-0.25, -0.2) is 4.68 Å². The van der Waals surface area contributed by atoms with Crippen LogP contribution in [0.1, 0.15) is 38.2 Å². The van der Waals surface area contributed by atoms with Crippen LogP contribution in [0.25, 0.3) is 0 Å². The number of anilines is 1. The van der Waals surface area contributed by atoms with Crippen LogP contribution in [0.15, 0.2) is 48.5 Å². The second-order valence-electron chi connectivity index (χ2n) is 8.95. The summed E-state index contributed by atoms with van der Waals surface area (Å²) in [6, 6.07) is 15.1. The predicted molar refractivity (Wildman–Crippen MR) is 132 cm³/mol. The minimum atomic E-state index is -0.179. The highest BCUT2D eigenvalue weighted by molar-refractivity contribution is 6.30. The average molecular weight is 495 g/mol. The molecule has 3 aromatic rings. The summed E-state index contributed by atoms with van der Waals surface area (Å²) in [4.78, 5) is 31.7. The molecule has 1 saturated heterocycles. The lowest BCUT2D eigenvalue weighted by Gasteiger charge is -2.34. The highest BCUT2D eigenvalue weighted by Crippen LogP contribution is 2.28. The molecule has 0 spiro atoms. The van der Waals surface area contributed by atoms with Gasteiger partial charge in [-0.05, 0) is 35.9 Å². The Morgan fingerprint density at radius 1 is 1.00 bits per heavy atom. The number of ether oxygens (including phenoxy) is 1. The summed E-state index contributed by atoms with van der Waals surface area (Å²) >= 11 is 5.98. The van der Waals surface area contributed by atoms with E-state index in [1.807, 2.05) is 67.5 Å². The number of hydrogen-bond acceptors (Lipinski definition) is 6. The molecule has 0 unspecified atom stereocenters. The monoisotopic (exact) mass is 494 g/mol. The van der Waals surface area contributed by atoms with Crippen LogP contribution in [-0.4, -0.2) is 76.9 Å². The summed E-state index contributed by atoms with van der Waals surface area (Å²) in [7, 11) is 3.89. The third-order valence-corrected chi connectivity index (χ3v) is 6.76. The largest absolute Gasteiger partial charge is 0.378 e. The molecule has 0 aliphatic carbocycles. The van der Waals surface area contributed by atoms with E-state index in [1.54, 1.807) is 14.5 Å². The Kier molecular flexibility index (Phi) is 6.44. The Hall–Kier alpha value is -3.43. The Labute approximate surface area is 208 Å². The molecular weight excluding hydrogens is 468 g/mol. The van der Waals surface area contributed by atoms with Crippen molar-refractivity contribution in [2.45, 2.75) is 19.3 Å². The molecule has 9 nitrogen and oxygen atoms in total. The van der Waals surface area contributed by atoms with Gasteiger partial charge >= 0.3 is 0 Å². The number of benzene rings is 2. The lowest BCUT2D eigenvalue weighted by atomic mass is 10.1. The molecule has 5 rings (SSSR count). The van der Waals surface area contributed by atoms with Crippen molar-refractivity contribution in [1.82, 2.24) is 24.8 Å². The molecule has 2 aromatic carbocycles. The molecule has 0 bridgehead atoms. The maximum absolute atomic E-state index is 13.2. The molecule has 0 saturated carbocycles. The minimum absolute atomic E-state index is 0.0246. The van der Waals surface area contributed by atoms with Crippen LogP contribution < -0.4 is 4.90 Å². The van der Waals surface area contributed by atoms with Gasteiger partial charge in [0, 0.05) is 56.5 Å². The number of halogens is 1. The van der Waals surface area contributed by atoms with Crippen LogP contribution in [0, 0.1) is 0 Å². The van der Waals surface area contributed by atoms with E-state index in [0.717, 1.165) is 11.3 Å². The van der Waals surface area contributed by atoms with E-state index in [2.05, 4.69) is 10.3 Å². The average Bonchev–Trinajstić information content (AvgIpc) is 3.32. The summed E-state index contributed by atoms with van der Waals surface area (Å²) in [5, 5.41) is 9.06. The van der Waals surface area contributed by atoms with Gasteiger partial charge in [-0.1, -0.05) is 35.0 Å². The molecule has 2 aliphatic rings. The van der Waals surface area contributed by atoms with Gasteiger partial charge in [-0.2, -0.15) is 0 Å². The van der Waals surface area contributed by atoms with E-state index in [0.29, 0.717) is 54.7 Å². The number of nitrogens with zero attached hydrogens (tertiary/aromatic N) is 6. The highest BCUT2D eigenvalue weighted by atomic mass is 35.5. The first kappa shape index (κ1) is 23.3. The smallest absolute Gasteiger partial charge is 0.276 e. The minimum Gasteiger partial charge on any atom is -0.378 e. The van der Waals surface area contributed by atoms with Gasteiger partial charge < -0.3 is 19.4 Å². The first-order chi connectivity index (χ1) is 16.9. The van der Waals surface area contributed by atoms with Gasteiger partial charge in [0.25, 0.3) is 11.8 Å². The molecule has 0 N–H and O–H groups in total. The number of piperazine rings is 1. The molecule has 1 aromatic heterocycles. The fraction of sp³-hybridized carbons (Fsp3) is 0.360. The SMILES string of the molecule is CN(C)c1cccc(C(=O)N2CCN(C(=O)c3nnn4c3CO[C@H](c3ccc(Cl)cc3)C4)CC2)c1. The van der Waals surface area contributed by atoms with Gasteiger partial charge in [0.05, 0.1) is 18.8 Å². The molecule has 3 heterocycles. The molecule has 10 heteroatoms. The van der Waals surface area contributed by atoms with Crippen LogP contribution in [0.5, 0.6) is 0 Å². The quantitative estimate of drug-likeness (QED) is 0.554. The molecule has 2 amide bonds. The summed E-state index contributed by atoms with van der Waals surface area (Å²) in [6.07, 6.45) is -0.176. The van der Waals surface area contributed by atoms with Crippen molar-refractivity contribution in [2.24, 2.45) is 0 Å². The standard InChI is InChI=1S/C25H27ClN6O3/c1-29(2)20-5-3-4-18(14-20)24(33)30-10-12-31(13-11-30)25(34)23-21-16-35-22(15-32(21)28-27-23)17-6-8-19(26)9-7-17/h3-9,14,22H,10-13,15-16H2,1-2H3/t22-/m0/s1. The first-order valence-electron chi connectivity index (χ1n) is 11.6. The van der Waals surface area contributed by atoms with E-state index < -0.39 is 0 Å². The van der Waals surface area contributed by atoms with Crippen LogP contribution in [0.2, 0.25) is 5.02 Å². The number of aromatic nitrogens is 3. The Morgan fingerprint density at radius 3 is 2.37 bits per heavy atom. The fourth-order valence-electron chi connectivity index (χ4n) is 4.42. The van der Waals surface area contributed by atoms with E-state index in [-0.39, 0.29) is 24.5 Å². The number of carbonyl (C=O) groups excluding carboxylic acids is 2. The molecule has 182 valence electrons. The highest BCUT2D eigenvalue weighted by Gasteiger charge is 2.32. The van der Waals surface area contributed by atoms with Crippen molar-refractivity contribution in [3.05, 3.63) is 76.1 Å². The van der Waals surface area contributed by atoms with Gasteiger partial charge in [0.2, 0.25) is 0 Å². The second kappa shape index (κ2) is 9.67. The molecular formula is C25H27ClN6O3. The normalized spacial score (nSPS) is 17.7. The van der Waals surface area contributed by atoms with Gasteiger partial charge in [0.15, 0.2) is 5.69 Å². The summed E-state index contributed by atoms with van der Waals surface area (Å²) in [5.41, 5.74) is 3.62. The number of rotatable bonds is 4. The number of fused-ring (bicyclic) bond motifs is 1. The first-order valence-corrected chi connectivity index (χ1v) is 11.9. The summed E-state index contributed by atoms with van der Waals surface area (Å²) in [6.45, 7) is 2.55. The summed E-state index contributed by atoms with van der Waals surface area (Å²) in [5.74, 6) is -0.204. The topological polar surface area (TPSA) is 83.8 Å². The molecule has 35 heavy (non-hydrogen) atoms. The van der Waals surface area contributed by atoms with Crippen molar-refractivity contribution in [3.8, 4) is 0 Å². The van der Waals surface area contributed by atoms with Gasteiger partial charge in [0.1, 0.15) is 6.10 Å². The number of hydrogen-bond donors (Lipinski definition) is 0. The molecule has 1 atom stereocenters. The zero-order valence-electron chi connectivity index (χ0n) is 19.7. The summed E-state index contributed by atoms with van der Waals surface area (Å²) < 4.78 is 7.76. The molecule has 1 fully saturated rings. The van der Waals surface area contributed by atoms with Crippen molar-refractivity contribution in [1.29, 1.82) is 0 Å². The van der Waals surface area contributed by atoms with Crippen molar-refractivity contribution < 1.29 is 14.3 Å². The van der Waals surface area contributed by atoms with E-state index in [9.17, 15) is 9.59 Å². The van der Waals surface area contributed by atoms with Crippen LogP contribution in [0.4, 0.5) is 5.69 Å². The predicted octanol–water partition coefficient (Wildman–Crippen LogP) is 2.87. The van der Waals surface area contributed by atoms with Crippen LogP contribution in [0.3, 0.4) is 0 Å². The maximum Gasteiger partial charge on any atom is 0.276 e. The number of carbonyl (C=O) groups is 2. The van der Waals surface area contributed by atoms with Gasteiger partial charge in [-0.15, -0.1) is 5.10 Å². The Bertz CT molecular complexity index is 1230. The Morgan fingerprint density at radius 2 is 1.69 bits per heavy atom. The van der Waals surface area contributed by atoms with Crippen molar-refractivity contribution in [3.63, 3.8) is 0 Å². The third kappa shape index (κ3) is 4.74. The zero-order chi connectivity index (χ0) is 24.5. The van der Waals surface area contributed by atoms with Gasteiger partial charge in [-0.3, -0.25) is 9.59 Å². The Balaban J connectivity index is 1.22. The lowest BCUT2D eigenvalue weighted by molar-refractivity contribution is -0.00202.